The predicted octanol–water partition coefficient (Wildman–Crippen LogP) is 16.5. The van der Waals surface area contributed by atoms with E-state index >= 15 is 0 Å². The quantitative estimate of drug-likeness (QED) is 0.0321. The maximum absolute atomic E-state index is 13.2. The van der Waals surface area contributed by atoms with E-state index in [1.165, 1.54) is 83.5 Å². The lowest BCUT2D eigenvalue weighted by atomic mass is 10.0. The van der Waals surface area contributed by atoms with Gasteiger partial charge < -0.3 is 20.3 Å². The molecule has 0 aromatic carbocycles. The largest absolute Gasteiger partial charge is 0.461 e. The van der Waals surface area contributed by atoms with Crippen LogP contribution in [0.1, 0.15) is 220 Å². The van der Waals surface area contributed by atoms with Crippen molar-refractivity contribution < 1.29 is 24.5 Å². The average molecular weight is 914 g/mol. The molecule has 0 aliphatic carbocycles. The molecule has 0 saturated heterocycles. The van der Waals surface area contributed by atoms with Gasteiger partial charge in [0.15, 0.2) is 0 Å². The molecule has 3 N–H and O–H groups in total. The Morgan fingerprint density at radius 3 is 1.20 bits per heavy atom. The number of aliphatic hydroxyl groups is 2. The lowest BCUT2D eigenvalue weighted by molar-refractivity contribution is -0.150. The van der Waals surface area contributed by atoms with Crippen LogP contribution in [0.2, 0.25) is 0 Å². The van der Waals surface area contributed by atoms with Crippen molar-refractivity contribution in [3.05, 3.63) is 122 Å². The number of aliphatic hydroxyl groups excluding tert-OH is 2. The summed E-state index contributed by atoms with van der Waals surface area (Å²) in [5.74, 6) is -0.689. The minimum absolute atomic E-state index is 0.0377. The maximum Gasteiger partial charge on any atom is 0.306 e. The molecule has 0 heterocycles. The zero-order valence-corrected chi connectivity index (χ0v) is 42.5. The van der Waals surface area contributed by atoms with Crippen LogP contribution in [0.15, 0.2) is 122 Å². The highest BCUT2D eigenvalue weighted by molar-refractivity contribution is 5.77. The van der Waals surface area contributed by atoms with Crippen molar-refractivity contribution in [3.63, 3.8) is 0 Å². The van der Waals surface area contributed by atoms with Crippen LogP contribution in [0, 0.1) is 0 Å². The molecular weight excluding hydrogens is 815 g/mol. The number of esters is 1. The van der Waals surface area contributed by atoms with E-state index < -0.39 is 18.2 Å². The first-order valence-electron chi connectivity index (χ1n) is 26.8. The Kier molecular flexibility index (Phi) is 49.3. The van der Waals surface area contributed by atoms with Gasteiger partial charge in [-0.3, -0.25) is 9.59 Å². The van der Waals surface area contributed by atoms with Gasteiger partial charge in [-0.2, -0.15) is 0 Å². The van der Waals surface area contributed by atoms with Gasteiger partial charge in [0, 0.05) is 12.8 Å². The summed E-state index contributed by atoms with van der Waals surface area (Å²) in [7, 11) is 0. The standard InChI is InChI=1S/C60H99NO5/c1-4-7-10-13-16-19-22-25-28-31-34-37-40-43-46-49-52-58(63)57(55-62)61-59(64)54-56(51-48-45-42-39-36-33-30-27-24-21-18-15-12-9-6-3)66-60(65)53-50-47-44-41-38-35-32-29-26-23-20-17-14-11-8-5-2/h8-9,11-12,17-18,20-21,26-27,29-30,35-36,38-39,44-45,47-48,56-58,62-63H,4-7,10,13-16,19,22-25,28,31-34,37,40-43,46,49-55H2,1-3H3,(H,61,64)/b11-8+,12-9-,20-17+,21-18-,29-26+,30-27-,38-35+,39-36-,47-44+,48-45-. The molecule has 0 aliphatic rings. The summed E-state index contributed by atoms with van der Waals surface area (Å²) in [6.45, 7) is 6.21. The van der Waals surface area contributed by atoms with Crippen LogP contribution in [-0.2, 0) is 14.3 Å². The predicted molar refractivity (Wildman–Crippen MR) is 286 cm³/mol. The Bertz CT molecular complexity index is 1390. The first-order chi connectivity index (χ1) is 32.5. The second-order valence-electron chi connectivity index (χ2n) is 17.5. The van der Waals surface area contributed by atoms with E-state index in [1.54, 1.807) is 0 Å². The van der Waals surface area contributed by atoms with Crippen molar-refractivity contribution in [3.8, 4) is 0 Å². The number of unbranched alkanes of at least 4 members (excludes halogenated alkanes) is 15. The van der Waals surface area contributed by atoms with Crippen LogP contribution in [0.3, 0.4) is 0 Å². The fourth-order valence-corrected chi connectivity index (χ4v) is 7.33. The number of hydrogen-bond acceptors (Lipinski definition) is 5. The summed E-state index contributed by atoms with van der Waals surface area (Å²) >= 11 is 0. The Morgan fingerprint density at radius 1 is 0.470 bits per heavy atom. The van der Waals surface area contributed by atoms with E-state index in [-0.39, 0.29) is 31.3 Å². The highest BCUT2D eigenvalue weighted by atomic mass is 16.5. The van der Waals surface area contributed by atoms with Gasteiger partial charge in [0.1, 0.15) is 6.10 Å². The molecule has 66 heavy (non-hydrogen) atoms. The zero-order chi connectivity index (χ0) is 48.1. The van der Waals surface area contributed by atoms with Gasteiger partial charge in [0.05, 0.1) is 25.2 Å². The number of amides is 1. The minimum atomic E-state index is -0.832. The lowest BCUT2D eigenvalue weighted by Crippen LogP contribution is -2.46. The highest BCUT2D eigenvalue weighted by Gasteiger charge is 2.23. The van der Waals surface area contributed by atoms with Crippen molar-refractivity contribution in [2.75, 3.05) is 6.61 Å². The molecular formula is C60H99NO5. The fourth-order valence-electron chi connectivity index (χ4n) is 7.33. The minimum Gasteiger partial charge on any atom is -0.461 e. The molecule has 0 saturated carbocycles. The molecule has 0 rings (SSSR count). The number of carbonyl (C=O) groups is 2. The molecule has 6 heteroatoms. The first-order valence-corrected chi connectivity index (χ1v) is 26.8. The van der Waals surface area contributed by atoms with E-state index in [4.69, 9.17) is 4.74 Å². The molecule has 6 nitrogen and oxygen atoms in total. The van der Waals surface area contributed by atoms with Crippen molar-refractivity contribution in [1.29, 1.82) is 0 Å². The number of allylic oxidation sites excluding steroid dienone is 19. The van der Waals surface area contributed by atoms with Gasteiger partial charge >= 0.3 is 5.97 Å². The molecule has 1 amide bonds. The summed E-state index contributed by atoms with van der Waals surface area (Å²) in [5, 5.41) is 23.8. The number of hydrogen-bond donors (Lipinski definition) is 3. The smallest absolute Gasteiger partial charge is 0.306 e. The van der Waals surface area contributed by atoms with Gasteiger partial charge in [0.2, 0.25) is 5.91 Å². The summed E-state index contributed by atoms with van der Waals surface area (Å²) in [6, 6.07) is -0.755. The van der Waals surface area contributed by atoms with E-state index in [0.29, 0.717) is 19.3 Å². The zero-order valence-electron chi connectivity index (χ0n) is 42.5. The Balaban J connectivity index is 4.80. The summed E-state index contributed by atoms with van der Waals surface area (Å²) in [5.41, 5.74) is 0. The van der Waals surface area contributed by atoms with Gasteiger partial charge in [-0.25, -0.2) is 0 Å². The van der Waals surface area contributed by atoms with E-state index in [1.807, 2.05) is 18.2 Å². The molecule has 0 aliphatic heterocycles. The molecule has 0 spiro atoms. The maximum atomic E-state index is 13.2. The molecule has 0 bridgehead atoms. The van der Waals surface area contributed by atoms with Crippen molar-refractivity contribution >= 4 is 11.9 Å². The first kappa shape index (κ1) is 62.3. The summed E-state index contributed by atoms with van der Waals surface area (Å²) in [6.07, 6.45) is 72.8. The lowest BCUT2D eigenvalue weighted by Gasteiger charge is -2.24. The van der Waals surface area contributed by atoms with Crippen LogP contribution in [0.25, 0.3) is 0 Å². The van der Waals surface area contributed by atoms with Gasteiger partial charge in [-0.15, -0.1) is 0 Å². The monoisotopic (exact) mass is 914 g/mol. The summed E-state index contributed by atoms with van der Waals surface area (Å²) < 4.78 is 5.83. The van der Waals surface area contributed by atoms with Crippen LogP contribution in [0.5, 0.6) is 0 Å². The number of rotatable bonds is 46. The second-order valence-corrected chi connectivity index (χ2v) is 17.5. The topological polar surface area (TPSA) is 95.9 Å². The third-order valence-electron chi connectivity index (χ3n) is 11.3. The fraction of sp³-hybridized carbons (Fsp3) is 0.633. The third kappa shape index (κ3) is 46.8. The highest BCUT2D eigenvalue weighted by Crippen LogP contribution is 2.16. The van der Waals surface area contributed by atoms with E-state index in [2.05, 4.69) is 129 Å². The SMILES string of the molecule is CC/C=C\C/C=C\C/C=C\C/C=C\C/C=C\CC(CC(=O)NC(CO)C(O)CCCCCCCCCCCCCCCCCC)OC(=O)CC/C=C/C/C=C/C/C=C/C/C=C/C/C=C/CC. The number of carbonyl (C=O) groups excluding carboxylic acids is 2. The van der Waals surface area contributed by atoms with Crippen LogP contribution >= 0.6 is 0 Å². The second kappa shape index (κ2) is 52.2. The van der Waals surface area contributed by atoms with Crippen LogP contribution < -0.4 is 5.32 Å². The molecule has 0 aromatic heterocycles. The van der Waals surface area contributed by atoms with Gasteiger partial charge in [0.25, 0.3) is 0 Å². The third-order valence-corrected chi connectivity index (χ3v) is 11.3. The average Bonchev–Trinajstić information content (AvgIpc) is 3.31. The Labute approximate surface area is 406 Å². The van der Waals surface area contributed by atoms with Crippen molar-refractivity contribution in [2.45, 2.75) is 238 Å². The molecule has 3 atom stereocenters. The van der Waals surface area contributed by atoms with Crippen molar-refractivity contribution in [1.82, 2.24) is 5.32 Å². The van der Waals surface area contributed by atoms with Gasteiger partial charge in [-0.05, 0) is 77.0 Å². The van der Waals surface area contributed by atoms with Gasteiger partial charge in [-0.1, -0.05) is 245 Å². The van der Waals surface area contributed by atoms with Crippen LogP contribution in [0.4, 0.5) is 0 Å². The van der Waals surface area contributed by atoms with E-state index in [9.17, 15) is 19.8 Å². The van der Waals surface area contributed by atoms with Crippen LogP contribution in [-0.4, -0.2) is 46.9 Å². The molecule has 0 radical (unpaired) electrons. The Hall–Kier alpha value is -3.74. The van der Waals surface area contributed by atoms with E-state index in [0.717, 1.165) is 83.5 Å². The molecule has 0 aromatic rings. The normalized spacial score (nSPS) is 14.2. The molecule has 0 fully saturated rings. The number of ether oxygens (including phenoxy) is 1. The van der Waals surface area contributed by atoms with Crippen molar-refractivity contribution in [2.24, 2.45) is 0 Å². The molecule has 374 valence electrons. The summed E-state index contributed by atoms with van der Waals surface area (Å²) in [4.78, 5) is 26.1. The Morgan fingerprint density at radius 2 is 0.818 bits per heavy atom. The number of nitrogens with one attached hydrogen (secondary N) is 1. The molecule has 3 unspecified atom stereocenters.